The number of halogens is 1. The maximum atomic E-state index is 13.0. The Hall–Kier alpha value is -2.99. The van der Waals surface area contributed by atoms with Crippen molar-refractivity contribution in [2.24, 2.45) is 0 Å². The first kappa shape index (κ1) is 18.8. The Bertz CT molecular complexity index is 1060. The van der Waals surface area contributed by atoms with Crippen molar-refractivity contribution in [2.45, 2.75) is 19.9 Å². The minimum Gasteiger partial charge on any atom is -0.466 e. The van der Waals surface area contributed by atoms with E-state index in [-0.39, 0.29) is 18.7 Å². The first-order chi connectivity index (χ1) is 13.0. The van der Waals surface area contributed by atoms with E-state index in [2.05, 4.69) is 4.98 Å². The van der Waals surface area contributed by atoms with Gasteiger partial charge in [0.15, 0.2) is 5.78 Å². The largest absolute Gasteiger partial charge is 0.466 e. The predicted molar refractivity (Wildman–Crippen MR) is 103 cm³/mol. The molecule has 1 heterocycles. The van der Waals surface area contributed by atoms with E-state index in [0.29, 0.717) is 27.3 Å². The average molecular weight is 385 g/mol. The van der Waals surface area contributed by atoms with Crippen LogP contribution in [0.1, 0.15) is 13.3 Å². The summed E-state index contributed by atoms with van der Waals surface area (Å²) in [4.78, 5) is 41.4. The number of nitrogens with zero attached hydrogens (tertiary/aromatic N) is 2. The molecule has 0 radical (unpaired) electrons. The number of aromatic nitrogens is 2. The van der Waals surface area contributed by atoms with E-state index in [1.165, 1.54) is 4.57 Å². The molecule has 0 saturated heterocycles. The van der Waals surface area contributed by atoms with Crippen molar-refractivity contribution >= 4 is 34.3 Å². The number of esters is 1. The summed E-state index contributed by atoms with van der Waals surface area (Å²) in [5, 5.41) is 0.950. The van der Waals surface area contributed by atoms with E-state index in [9.17, 15) is 14.4 Å². The van der Waals surface area contributed by atoms with Crippen LogP contribution in [0, 0.1) is 0 Å². The summed E-state index contributed by atoms with van der Waals surface area (Å²) < 4.78 is 6.09. The Morgan fingerprint density at radius 1 is 1.11 bits per heavy atom. The molecule has 3 rings (SSSR count). The predicted octanol–water partition coefficient (Wildman–Crippen LogP) is 3.24. The quantitative estimate of drug-likeness (QED) is 0.481. The summed E-state index contributed by atoms with van der Waals surface area (Å²) in [7, 11) is 0. The van der Waals surface area contributed by atoms with Crippen molar-refractivity contribution < 1.29 is 14.3 Å². The van der Waals surface area contributed by atoms with Crippen LogP contribution >= 0.6 is 11.6 Å². The SMILES string of the molecule is CCOC(=O)CC(=O)Cn1c(-c2ccc(Cl)cc2)nc2ccccc2c1=O. The zero-order valence-corrected chi connectivity index (χ0v) is 15.4. The van der Waals surface area contributed by atoms with Crippen LogP contribution in [-0.2, 0) is 20.9 Å². The molecule has 0 atom stereocenters. The van der Waals surface area contributed by atoms with Crippen molar-refractivity contribution in [2.75, 3.05) is 6.61 Å². The number of rotatable bonds is 6. The van der Waals surface area contributed by atoms with E-state index in [1.54, 1.807) is 55.5 Å². The number of Topliss-reactive ketones (excluding diaryl/α,β-unsaturated/α-hetero) is 1. The summed E-state index contributed by atoms with van der Waals surface area (Å²) in [6.45, 7) is 1.59. The lowest BCUT2D eigenvalue weighted by atomic mass is 10.1. The fourth-order valence-corrected chi connectivity index (χ4v) is 2.87. The van der Waals surface area contributed by atoms with Crippen molar-refractivity contribution in [3.8, 4) is 11.4 Å². The van der Waals surface area contributed by atoms with Gasteiger partial charge in [0.1, 0.15) is 12.2 Å². The van der Waals surface area contributed by atoms with Gasteiger partial charge in [0.05, 0.1) is 24.1 Å². The molecule has 0 aliphatic carbocycles. The van der Waals surface area contributed by atoms with Crippen LogP contribution in [0.2, 0.25) is 5.02 Å². The van der Waals surface area contributed by atoms with Gasteiger partial charge in [-0.25, -0.2) is 4.98 Å². The van der Waals surface area contributed by atoms with E-state index >= 15 is 0 Å². The Kier molecular flexibility index (Phi) is 5.66. The first-order valence-electron chi connectivity index (χ1n) is 8.42. The lowest BCUT2D eigenvalue weighted by molar-refractivity contribution is -0.145. The number of hydrogen-bond donors (Lipinski definition) is 0. The molecule has 0 bridgehead atoms. The zero-order chi connectivity index (χ0) is 19.4. The highest BCUT2D eigenvalue weighted by molar-refractivity contribution is 6.30. The van der Waals surface area contributed by atoms with Crippen molar-refractivity contribution in [3.63, 3.8) is 0 Å². The minimum atomic E-state index is -0.614. The van der Waals surface area contributed by atoms with Crippen LogP contribution in [-0.4, -0.2) is 27.9 Å². The first-order valence-corrected chi connectivity index (χ1v) is 8.80. The van der Waals surface area contributed by atoms with Gasteiger partial charge in [0.2, 0.25) is 0 Å². The molecule has 27 heavy (non-hydrogen) atoms. The van der Waals surface area contributed by atoms with E-state index in [1.807, 2.05) is 0 Å². The number of carbonyl (C=O) groups is 2. The second-order valence-electron chi connectivity index (χ2n) is 5.87. The highest BCUT2D eigenvalue weighted by Crippen LogP contribution is 2.21. The summed E-state index contributed by atoms with van der Waals surface area (Å²) in [6, 6.07) is 13.7. The molecule has 0 N–H and O–H groups in total. The van der Waals surface area contributed by atoms with Gasteiger partial charge in [0.25, 0.3) is 5.56 Å². The van der Waals surface area contributed by atoms with Crippen LogP contribution in [0.3, 0.4) is 0 Å². The van der Waals surface area contributed by atoms with Crippen LogP contribution in [0.4, 0.5) is 0 Å². The van der Waals surface area contributed by atoms with Gasteiger partial charge in [-0.05, 0) is 43.3 Å². The smallest absolute Gasteiger partial charge is 0.313 e. The topological polar surface area (TPSA) is 78.3 Å². The monoisotopic (exact) mass is 384 g/mol. The van der Waals surface area contributed by atoms with Crippen molar-refractivity contribution in [1.82, 2.24) is 9.55 Å². The molecular weight excluding hydrogens is 368 g/mol. The lowest BCUT2D eigenvalue weighted by Crippen LogP contribution is -2.28. The van der Waals surface area contributed by atoms with Crippen molar-refractivity contribution in [1.29, 1.82) is 0 Å². The molecule has 0 unspecified atom stereocenters. The van der Waals surface area contributed by atoms with Crippen LogP contribution in [0.15, 0.2) is 53.3 Å². The molecule has 0 aliphatic heterocycles. The van der Waals surface area contributed by atoms with Gasteiger partial charge in [0, 0.05) is 10.6 Å². The Morgan fingerprint density at radius 2 is 1.81 bits per heavy atom. The standard InChI is InChI=1S/C20H17ClN2O4/c1-2-27-18(25)11-15(24)12-23-19(13-7-9-14(21)10-8-13)22-17-6-4-3-5-16(17)20(23)26/h3-10H,2,11-12H2,1H3. The normalized spacial score (nSPS) is 10.7. The molecular formula is C20H17ClN2O4. The number of ketones is 1. The molecule has 1 aromatic heterocycles. The van der Waals surface area contributed by atoms with Gasteiger partial charge >= 0.3 is 5.97 Å². The van der Waals surface area contributed by atoms with E-state index in [0.717, 1.165) is 0 Å². The fraction of sp³-hybridized carbons (Fsp3) is 0.200. The molecule has 7 heteroatoms. The summed E-state index contributed by atoms with van der Waals surface area (Å²) in [6.07, 6.45) is -0.396. The molecule has 3 aromatic rings. The van der Waals surface area contributed by atoms with Crippen LogP contribution in [0.5, 0.6) is 0 Å². The molecule has 0 amide bonds. The van der Waals surface area contributed by atoms with E-state index < -0.39 is 18.2 Å². The molecule has 0 aliphatic rings. The van der Waals surface area contributed by atoms with Gasteiger partial charge in [-0.3, -0.25) is 19.0 Å². The maximum absolute atomic E-state index is 13.0. The number of fused-ring (bicyclic) bond motifs is 1. The summed E-state index contributed by atoms with van der Waals surface area (Å²) >= 11 is 5.94. The third-order valence-electron chi connectivity index (χ3n) is 3.95. The zero-order valence-electron chi connectivity index (χ0n) is 14.6. The van der Waals surface area contributed by atoms with Crippen LogP contribution < -0.4 is 5.56 Å². The maximum Gasteiger partial charge on any atom is 0.313 e. The third kappa shape index (κ3) is 4.23. The fourth-order valence-electron chi connectivity index (χ4n) is 2.74. The Morgan fingerprint density at radius 3 is 2.52 bits per heavy atom. The molecule has 0 spiro atoms. The summed E-state index contributed by atoms with van der Waals surface area (Å²) in [5.74, 6) is -0.701. The average Bonchev–Trinajstić information content (AvgIpc) is 2.65. The van der Waals surface area contributed by atoms with Gasteiger partial charge in [-0.1, -0.05) is 23.7 Å². The second-order valence-corrected chi connectivity index (χ2v) is 6.31. The summed E-state index contributed by atoms with van der Waals surface area (Å²) in [5.41, 5.74) is 0.829. The highest BCUT2D eigenvalue weighted by Gasteiger charge is 2.17. The highest BCUT2D eigenvalue weighted by atomic mass is 35.5. The minimum absolute atomic E-state index is 0.194. The lowest BCUT2D eigenvalue weighted by Gasteiger charge is -2.13. The number of carbonyl (C=O) groups excluding carboxylic acids is 2. The number of hydrogen-bond acceptors (Lipinski definition) is 5. The van der Waals surface area contributed by atoms with Gasteiger partial charge in [-0.15, -0.1) is 0 Å². The molecule has 0 fully saturated rings. The molecule has 138 valence electrons. The third-order valence-corrected chi connectivity index (χ3v) is 4.20. The Labute approximate surface area is 160 Å². The van der Waals surface area contributed by atoms with Crippen molar-refractivity contribution in [3.05, 3.63) is 63.9 Å². The van der Waals surface area contributed by atoms with Crippen LogP contribution in [0.25, 0.3) is 22.3 Å². The molecule has 0 saturated carbocycles. The number of para-hydroxylation sites is 1. The molecule has 2 aromatic carbocycles. The number of ether oxygens (including phenoxy) is 1. The van der Waals surface area contributed by atoms with Gasteiger partial charge < -0.3 is 4.74 Å². The molecule has 6 nitrogen and oxygen atoms in total. The number of benzene rings is 2. The van der Waals surface area contributed by atoms with E-state index in [4.69, 9.17) is 16.3 Å². The van der Waals surface area contributed by atoms with Gasteiger partial charge in [-0.2, -0.15) is 0 Å². The second kappa shape index (κ2) is 8.14. The Balaban J connectivity index is 2.08.